The van der Waals surface area contributed by atoms with Crippen molar-refractivity contribution in [2.45, 2.75) is 32.2 Å². The Balaban J connectivity index is 2.44. The molecule has 0 fully saturated rings. The fourth-order valence-corrected chi connectivity index (χ4v) is 1.96. The number of nitrogens with one attached hydrogen (secondary N) is 1. The maximum Gasteiger partial charge on any atom is 0.323 e. The monoisotopic (exact) mass is 276 g/mol. The van der Waals surface area contributed by atoms with E-state index < -0.39 is 11.5 Å². The first-order valence-electron chi connectivity index (χ1n) is 6.69. The molecule has 1 aromatic rings. The number of carbonyl (C=O) groups is 1. The highest BCUT2D eigenvalue weighted by atomic mass is 16.5. The van der Waals surface area contributed by atoms with Gasteiger partial charge in [0.1, 0.15) is 17.9 Å². The van der Waals surface area contributed by atoms with Gasteiger partial charge in [-0.2, -0.15) is 5.26 Å². The van der Waals surface area contributed by atoms with Gasteiger partial charge in [0.2, 0.25) is 0 Å². The maximum atomic E-state index is 11.3. The van der Waals surface area contributed by atoms with Crippen molar-refractivity contribution in [1.82, 2.24) is 5.32 Å². The molecule has 0 radical (unpaired) electrons. The summed E-state index contributed by atoms with van der Waals surface area (Å²) in [4.78, 5) is 11.3. The molecule has 0 amide bonds. The lowest BCUT2D eigenvalue weighted by Gasteiger charge is -2.28. The van der Waals surface area contributed by atoms with Crippen molar-refractivity contribution in [3.05, 3.63) is 29.8 Å². The number of ether oxygens (including phenoxy) is 1. The lowest BCUT2D eigenvalue weighted by atomic mass is 9.93. The van der Waals surface area contributed by atoms with Crippen molar-refractivity contribution >= 4 is 5.97 Å². The van der Waals surface area contributed by atoms with E-state index >= 15 is 0 Å². The third-order valence-electron chi connectivity index (χ3n) is 3.43. The Morgan fingerprint density at radius 2 is 1.95 bits per heavy atom. The minimum atomic E-state index is -0.881. The second-order valence-corrected chi connectivity index (χ2v) is 4.51. The fourth-order valence-electron chi connectivity index (χ4n) is 1.96. The molecule has 108 valence electrons. The van der Waals surface area contributed by atoms with Gasteiger partial charge in [0.15, 0.2) is 0 Å². The van der Waals surface area contributed by atoms with Gasteiger partial charge in [-0.3, -0.25) is 10.1 Å². The van der Waals surface area contributed by atoms with Gasteiger partial charge in [0, 0.05) is 6.54 Å². The Morgan fingerprint density at radius 1 is 1.35 bits per heavy atom. The van der Waals surface area contributed by atoms with Gasteiger partial charge < -0.3 is 9.84 Å². The van der Waals surface area contributed by atoms with Crippen LogP contribution >= 0.6 is 0 Å². The largest absolute Gasteiger partial charge is 0.492 e. The number of aliphatic carboxylic acids is 1. The van der Waals surface area contributed by atoms with E-state index in [1.807, 2.05) is 19.9 Å². The Labute approximate surface area is 119 Å². The van der Waals surface area contributed by atoms with E-state index in [0.717, 1.165) is 0 Å². The first-order valence-corrected chi connectivity index (χ1v) is 6.69. The van der Waals surface area contributed by atoms with Crippen LogP contribution in [-0.2, 0) is 4.79 Å². The van der Waals surface area contributed by atoms with E-state index in [1.165, 1.54) is 0 Å². The molecule has 0 saturated heterocycles. The normalized spacial score (nSPS) is 10.8. The third-order valence-corrected chi connectivity index (χ3v) is 3.43. The summed E-state index contributed by atoms with van der Waals surface area (Å²) < 4.78 is 5.50. The quantitative estimate of drug-likeness (QED) is 0.711. The number of hydrogen-bond acceptors (Lipinski definition) is 4. The molecule has 0 heterocycles. The minimum absolute atomic E-state index is 0.376. The van der Waals surface area contributed by atoms with Gasteiger partial charge in [-0.15, -0.1) is 0 Å². The van der Waals surface area contributed by atoms with Crippen LogP contribution in [-0.4, -0.2) is 29.8 Å². The second-order valence-electron chi connectivity index (χ2n) is 4.51. The van der Waals surface area contributed by atoms with Gasteiger partial charge in [-0.25, -0.2) is 0 Å². The smallest absolute Gasteiger partial charge is 0.323 e. The molecule has 0 atom stereocenters. The topological polar surface area (TPSA) is 82.3 Å². The van der Waals surface area contributed by atoms with Crippen LogP contribution in [0.4, 0.5) is 0 Å². The zero-order valence-corrected chi connectivity index (χ0v) is 11.8. The van der Waals surface area contributed by atoms with Crippen molar-refractivity contribution in [2.24, 2.45) is 0 Å². The highest BCUT2D eigenvalue weighted by Crippen LogP contribution is 2.15. The van der Waals surface area contributed by atoms with Crippen molar-refractivity contribution in [2.75, 3.05) is 13.2 Å². The number of carboxylic acid groups (broad SMARTS) is 1. The molecule has 2 N–H and O–H groups in total. The standard InChI is InChI=1S/C15H20N2O3/c1-3-15(4-2,14(18)19)17-9-10-20-13-7-5-12(11-16)6-8-13/h5-8,17H,3-4,9-10H2,1-2H3,(H,18,19). The van der Waals surface area contributed by atoms with Crippen LogP contribution in [0, 0.1) is 11.3 Å². The van der Waals surface area contributed by atoms with E-state index in [9.17, 15) is 9.90 Å². The lowest BCUT2D eigenvalue weighted by molar-refractivity contribution is -0.145. The first-order chi connectivity index (χ1) is 9.57. The van der Waals surface area contributed by atoms with E-state index in [4.69, 9.17) is 10.00 Å². The van der Waals surface area contributed by atoms with Crippen LogP contribution in [0.1, 0.15) is 32.3 Å². The Kier molecular flexibility index (Phi) is 6.01. The van der Waals surface area contributed by atoms with E-state index in [-0.39, 0.29) is 0 Å². The van der Waals surface area contributed by atoms with Crippen LogP contribution in [0.2, 0.25) is 0 Å². The average Bonchev–Trinajstić information content (AvgIpc) is 2.48. The molecule has 0 aliphatic carbocycles. The number of benzene rings is 1. The maximum absolute atomic E-state index is 11.3. The third kappa shape index (κ3) is 3.97. The van der Waals surface area contributed by atoms with E-state index in [0.29, 0.717) is 37.3 Å². The summed E-state index contributed by atoms with van der Waals surface area (Å²) in [7, 11) is 0. The summed E-state index contributed by atoms with van der Waals surface area (Å²) in [5, 5.41) is 21.0. The Morgan fingerprint density at radius 3 is 2.40 bits per heavy atom. The molecule has 0 saturated carbocycles. The molecular formula is C15H20N2O3. The predicted octanol–water partition coefficient (Wildman–Crippen LogP) is 2.17. The number of nitriles is 1. The number of hydrogen-bond donors (Lipinski definition) is 2. The SMILES string of the molecule is CCC(CC)(NCCOc1ccc(C#N)cc1)C(=O)O. The number of rotatable bonds is 8. The van der Waals surface area contributed by atoms with Gasteiger partial charge in [-0.05, 0) is 37.1 Å². The molecule has 0 bridgehead atoms. The highest BCUT2D eigenvalue weighted by molar-refractivity contribution is 5.78. The van der Waals surface area contributed by atoms with Gasteiger partial charge in [0.25, 0.3) is 0 Å². The molecule has 20 heavy (non-hydrogen) atoms. The average molecular weight is 276 g/mol. The van der Waals surface area contributed by atoms with Gasteiger partial charge >= 0.3 is 5.97 Å². The molecule has 5 nitrogen and oxygen atoms in total. The van der Waals surface area contributed by atoms with Crippen LogP contribution in [0.5, 0.6) is 5.75 Å². The number of carboxylic acids is 1. The molecule has 0 unspecified atom stereocenters. The second kappa shape index (κ2) is 7.51. The molecule has 1 aromatic carbocycles. The van der Waals surface area contributed by atoms with Crippen molar-refractivity contribution in [1.29, 1.82) is 5.26 Å². The van der Waals surface area contributed by atoms with Gasteiger partial charge in [-0.1, -0.05) is 13.8 Å². The van der Waals surface area contributed by atoms with Crippen LogP contribution in [0.25, 0.3) is 0 Å². The lowest BCUT2D eigenvalue weighted by Crippen LogP contribution is -2.52. The fraction of sp³-hybridized carbons (Fsp3) is 0.467. The summed E-state index contributed by atoms with van der Waals surface area (Å²) in [5.74, 6) is -0.166. The van der Waals surface area contributed by atoms with Crippen LogP contribution < -0.4 is 10.1 Å². The van der Waals surface area contributed by atoms with E-state index in [1.54, 1.807) is 24.3 Å². The Hall–Kier alpha value is -2.06. The summed E-state index contributed by atoms with van der Waals surface area (Å²) in [6.07, 6.45) is 1.05. The molecule has 1 rings (SSSR count). The highest BCUT2D eigenvalue weighted by Gasteiger charge is 2.33. The molecule has 5 heteroatoms. The Bertz CT molecular complexity index is 473. The molecule has 0 aliphatic rings. The number of nitrogens with zero attached hydrogens (tertiary/aromatic N) is 1. The van der Waals surface area contributed by atoms with Crippen molar-refractivity contribution < 1.29 is 14.6 Å². The van der Waals surface area contributed by atoms with Crippen LogP contribution in [0.15, 0.2) is 24.3 Å². The molecule has 0 spiro atoms. The summed E-state index contributed by atoms with van der Waals surface area (Å²) in [5.41, 5.74) is -0.300. The van der Waals surface area contributed by atoms with E-state index in [2.05, 4.69) is 5.32 Å². The summed E-state index contributed by atoms with van der Waals surface area (Å²) >= 11 is 0. The molecule has 0 aromatic heterocycles. The zero-order valence-electron chi connectivity index (χ0n) is 11.8. The molecule has 0 aliphatic heterocycles. The van der Waals surface area contributed by atoms with Crippen molar-refractivity contribution in [3.8, 4) is 11.8 Å². The first kappa shape index (κ1) is 16.0. The van der Waals surface area contributed by atoms with Gasteiger partial charge in [0.05, 0.1) is 11.6 Å². The predicted molar refractivity (Wildman–Crippen MR) is 75.6 cm³/mol. The summed E-state index contributed by atoms with van der Waals surface area (Å²) in [6, 6.07) is 8.85. The van der Waals surface area contributed by atoms with Crippen molar-refractivity contribution in [3.63, 3.8) is 0 Å². The molecular weight excluding hydrogens is 256 g/mol. The van der Waals surface area contributed by atoms with Crippen LogP contribution in [0.3, 0.4) is 0 Å². The zero-order chi connectivity index (χ0) is 15.0. The summed E-state index contributed by atoms with van der Waals surface area (Å²) in [6.45, 7) is 4.53. The minimum Gasteiger partial charge on any atom is -0.492 e.